The minimum Gasteiger partial charge on any atom is -0.381 e. The molecule has 3 rings (SSSR count). The maximum atomic E-state index is 5.67. The quantitative estimate of drug-likeness (QED) is 0.696. The molecule has 0 saturated carbocycles. The van der Waals surface area contributed by atoms with Crippen molar-refractivity contribution < 1.29 is 4.52 Å². The largest absolute Gasteiger partial charge is 0.381 e. The Kier molecular flexibility index (Phi) is 1.97. The Morgan fingerprint density at radius 2 is 2.12 bits per heavy atom. The van der Waals surface area contributed by atoms with Crippen LogP contribution in [0, 0.1) is 6.92 Å². The molecule has 2 heterocycles. The first-order valence-corrected chi connectivity index (χ1v) is 5.78. The van der Waals surface area contributed by atoms with Crippen molar-refractivity contribution in [2.45, 2.75) is 6.92 Å². The van der Waals surface area contributed by atoms with Gasteiger partial charge in [-0.15, -0.1) is 11.3 Å². The second-order valence-electron chi connectivity index (χ2n) is 3.67. The van der Waals surface area contributed by atoms with E-state index in [-0.39, 0.29) is 0 Å². The van der Waals surface area contributed by atoms with Crippen molar-refractivity contribution in [3.05, 3.63) is 35.9 Å². The van der Waals surface area contributed by atoms with Gasteiger partial charge in [0, 0.05) is 10.3 Å². The Balaban J connectivity index is 2.23. The first-order chi connectivity index (χ1) is 7.75. The molecule has 2 aromatic heterocycles. The molecule has 0 unspecified atom stereocenters. The van der Waals surface area contributed by atoms with Gasteiger partial charge in [0.15, 0.2) is 11.6 Å². The lowest BCUT2D eigenvalue weighted by Gasteiger charge is -1.89. The van der Waals surface area contributed by atoms with E-state index in [1.807, 2.05) is 19.1 Å². The van der Waals surface area contributed by atoms with Crippen LogP contribution in [-0.4, -0.2) is 5.16 Å². The minimum absolute atomic E-state index is 0.465. The summed E-state index contributed by atoms with van der Waals surface area (Å²) in [5, 5.41) is 4.99. The summed E-state index contributed by atoms with van der Waals surface area (Å²) < 4.78 is 6.49. The van der Waals surface area contributed by atoms with Crippen LogP contribution in [0.15, 0.2) is 34.9 Å². The van der Waals surface area contributed by atoms with Gasteiger partial charge in [-0.1, -0.05) is 23.4 Å². The maximum Gasteiger partial charge on any atom is 0.181 e. The van der Waals surface area contributed by atoms with E-state index in [1.165, 1.54) is 10.1 Å². The average molecular weight is 230 g/mol. The number of fused-ring (bicyclic) bond motifs is 1. The monoisotopic (exact) mass is 230 g/mol. The molecular weight excluding hydrogens is 220 g/mol. The molecule has 2 N–H and O–H groups in total. The van der Waals surface area contributed by atoms with Crippen LogP contribution in [-0.2, 0) is 0 Å². The molecule has 0 radical (unpaired) electrons. The van der Waals surface area contributed by atoms with Gasteiger partial charge in [0.1, 0.15) is 0 Å². The Labute approximate surface area is 96.5 Å². The lowest BCUT2D eigenvalue weighted by atomic mass is 10.2. The summed E-state index contributed by atoms with van der Waals surface area (Å²) in [5.41, 5.74) is 6.58. The van der Waals surface area contributed by atoms with E-state index < -0.39 is 0 Å². The average Bonchev–Trinajstić information content (AvgIpc) is 2.84. The third-order valence-electron chi connectivity index (χ3n) is 2.61. The van der Waals surface area contributed by atoms with Gasteiger partial charge in [0.2, 0.25) is 0 Å². The van der Waals surface area contributed by atoms with E-state index in [9.17, 15) is 0 Å². The first-order valence-electron chi connectivity index (χ1n) is 4.96. The molecule has 3 nitrogen and oxygen atoms in total. The van der Waals surface area contributed by atoms with E-state index in [4.69, 9.17) is 10.3 Å². The van der Waals surface area contributed by atoms with Crippen molar-refractivity contribution in [3.8, 4) is 10.6 Å². The van der Waals surface area contributed by atoms with Gasteiger partial charge < -0.3 is 10.3 Å². The van der Waals surface area contributed by atoms with Crippen molar-refractivity contribution in [1.29, 1.82) is 0 Å². The Hall–Kier alpha value is -1.81. The van der Waals surface area contributed by atoms with E-state index >= 15 is 0 Å². The summed E-state index contributed by atoms with van der Waals surface area (Å²) >= 11 is 1.69. The van der Waals surface area contributed by atoms with E-state index in [2.05, 4.69) is 23.4 Å². The summed E-state index contributed by atoms with van der Waals surface area (Å²) in [4.78, 5) is 1.07. The van der Waals surface area contributed by atoms with Crippen molar-refractivity contribution in [2.75, 3.05) is 5.73 Å². The van der Waals surface area contributed by atoms with Gasteiger partial charge in [-0.05, 0) is 24.4 Å². The van der Waals surface area contributed by atoms with Gasteiger partial charge in [0.05, 0.1) is 4.88 Å². The zero-order chi connectivity index (χ0) is 11.1. The highest BCUT2D eigenvalue weighted by Crippen LogP contribution is 2.36. The molecule has 4 heteroatoms. The zero-order valence-corrected chi connectivity index (χ0v) is 9.54. The highest BCUT2D eigenvalue weighted by molar-refractivity contribution is 7.22. The maximum absolute atomic E-state index is 5.67. The Bertz CT molecular complexity index is 621. The van der Waals surface area contributed by atoms with Crippen molar-refractivity contribution >= 4 is 27.2 Å². The number of hydrogen-bond acceptors (Lipinski definition) is 4. The van der Waals surface area contributed by atoms with Gasteiger partial charge in [-0.3, -0.25) is 0 Å². The van der Waals surface area contributed by atoms with Crippen LogP contribution in [0.2, 0.25) is 0 Å². The number of aromatic nitrogens is 1. The summed E-state index contributed by atoms with van der Waals surface area (Å²) in [6.45, 7) is 1.92. The van der Waals surface area contributed by atoms with E-state index in [0.717, 1.165) is 16.2 Å². The predicted molar refractivity (Wildman–Crippen MR) is 66.5 cm³/mol. The number of nitrogen functional groups attached to an aromatic ring is 1. The molecular formula is C12H10N2OS. The summed E-state index contributed by atoms with van der Waals surface area (Å²) in [7, 11) is 0. The number of thiophene rings is 1. The van der Waals surface area contributed by atoms with Gasteiger partial charge in [-0.25, -0.2) is 0 Å². The molecule has 0 aliphatic heterocycles. The summed E-state index contributed by atoms with van der Waals surface area (Å²) in [5.74, 6) is 1.24. The van der Waals surface area contributed by atoms with Gasteiger partial charge in [-0.2, -0.15) is 0 Å². The lowest BCUT2D eigenvalue weighted by molar-refractivity contribution is 0.436. The SMILES string of the molecule is Cc1c(N)noc1-c1cc2ccccc2s1. The van der Waals surface area contributed by atoms with Crippen molar-refractivity contribution in [1.82, 2.24) is 5.16 Å². The molecule has 0 fully saturated rings. The number of anilines is 1. The van der Waals surface area contributed by atoms with Gasteiger partial charge >= 0.3 is 0 Å². The third kappa shape index (κ3) is 1.31. The summed E-state index contributed by atoms with van der Waals surface area (Å²) in [6.07, 6.45) is 0. The number of rotatable bonds is 1. The second kappa shape index (κ2) is 3.35. The molecule has 0 saturated heterocycles. The standard InChI is InChI=1S/C12H10N2OS/c1-7-11(15-14-12(7)13)10-6-8-4-2-3-5-9(8)16-10/h2-6H,1H3,(H2,13,14). The fourth-order valence-corrected chi connectivity index (χ4v) is 2.77. The molecule has 0 bridgehead atoms. The normalized spacial score (nSPS) is 11.1. The van der Waals surface area contributed by atoms with Crippen LogP contribution in [0.3, 0.4) is 0 Å². The topological polar surface area (TPSA) is 52.0 Å². The first kappa shape index (κ1) is 9.42. The van der Waals surface area contributed by atoms with Crippen LogP contribution in [0.5, 0.6) is 0 Å². The highest BCUT2D eigenvalue weighted by Gasteiger charge is 2.13. The number of nitrogens with zero attached hydrogens (tertiary/aromatic N) is 1. The third-order valence-corrected chi connectivity index (χ3v) is 3.72. The predicted octanol–water partition coefficient (Wildman–Crippen LogP) is 3.45. The van der Waals surface area contributed by atoms with E-state index in [1.54, 1.807) is 11.3 Å². The number of nitrogens with two attached hydrogens (primary N) is 1. The van der Waals surface area contributed by atoms with E-state index in [0.29, 0.717) is 5.82 Å². The van der Waals surface area contributed by atoms with Crippen molar-refractivity contribution in [3.63, 3.8) is 0 Å². The van der Waals surface area contributed by atoms with Crippen LogP contribution < -0.4 is 5.73 Å². The molecule has 0 atom stereocenters. The number of benzene rings is 1. The summed E-state index contributed by atoms with van der Waals surface area (Å²) in [6, 6.07) is 10.3. The van der Waals surface area contributed by atoms with Crippen LogP contribution in [0.25, 0.3) is 20.7 Å². The Morgan fingerprint density at radius 1 is 1.31 bits per heavy atom. The highest BCUT2D eigenvalue weighted by atomic mass is 32.1. The van der Waals surface area contributed by atoms with Crippen LogP contribution in [0.4, 0.5) is 5.82 Å². The lowest BCUT2D eigenvalue weighted by Crippen LogP contribution is -1.85. The minimum atomic E-state index is 0.465. The Morgan fingerprint density at radius 3 is 2.81 bits per heavy atom. The molecule has 16 heavy (non-hydrogen) atoms. The smallest absolute Gasteiger partial charge is 0.181 e. The molecule has 0 aliphatic carbocycles. The molecule has 80 valence electrons. The van der Waals surface area contributed by atoms with Crippen LogP contribution >= 0.6 is 11.3 Å². The van der Waals surface area contributed by atoms with Crippen molar-refractivity contribution in [2.24, 2.45) is 0 Å². The fraction of sp³-hybridized carbons (Fsp3) is 0.0833. The number of hydrogen-bond donors (Lipinski definition) is 1. The molecule has 1 aromatic carbocycles. The van der Waals surface area contributed by atoms with Crippen LogP contribution in [0.1, 0.15) is 5.56 Å². The molecule has 0 amide bonds. The zero-order valence-electron chi connectivity index (χ0n) is 8.73. The second-order valence-corrected chi connectivity index (χ2v) is 4.75. The van der Waals surface area contributed by atoms with Gasteiger partial charge in [0.25, 0.3) is 0 Å². The molecule has 0 aliphatic rings. The molecule has 3 aromatic rings. The fourth-order valence-electron chi connectivity index (χ4n) is 1.67. The molecule has 0 spiro atoms.